The number of carbonyl (C=O) groups excluding carboxylic acids is 1. The lowest BCUT2D eigenvalue weighted by Crippen LogP contribution is -2.20. The molecule has 0 fully saturated rings. The second kappa shape index (κ2) is 4.82. The Morgan fingerprint density at radius 3 is 2.47 bits per heavy atom. The highest BCUT2D eigenvalue weighted by molar-refractivity contribution is 6.02. The molecule has 0 saturated carbocycles. The number of benzene rings is 1. The Kier molecular flexibility index (Phi) is 3.50. The molecule has 0 aliphatic rings. The average Bonchev–Trinajstić information content (AvgIpc) is 2.68. The molecule has 1 aromatic heterocycles. The number of aromatic amines is 1. The number of carbonyl (C=O) groups is 1. The summed E-state index contributed by atoms with van der Waals surface area (Å²) >= 11 is 0. The standard InChI is InChI=1S/C16H22N2O/c1-16(2,3)15(19)14-9-12-8-11(10-18(4)5)6-7-13(12)17-14/h6-9,17H,10H2,1-5H3. The van der Waals surface area contributed by atoms with Crippen LogP contribution < -0.4 is 0 Å². The number of H-pyrrole nitrogens is 1. The van der Waals surface area contributed by atoms with Gasteiger partial charge in [0, 0.05) is 22.9 Å². The van der Waals surface area contributed by atoms with E-state index >= 15 is 0 Å². The van der Waals surface area contributed by atoms with E-state index in [0.717, 1.165) is 17.4 Å². The first-order valence-electron chi connectivity index (χ1n) is 6.58. The van der Waals surface area contributed by atoms with E-state index in [1.807, 2.05) is 32.9 Å². The first kappa shape index (κ1) is 13.8. The van der Waals surface area contributed by atoms with Crippen molar-refractivity contribution in [1.82, 2.24) is 9.88 Å². The lowest BCUT2D eigenvalue weighted by atomic mass is 9.89. The van der Waals surface area contributed by atoms with Crippen LogP contribution >= 0.6 is 0 Å². The van der Waals surface area contributed by atoms with E-state index < -0.39 is 0 Å². The van der Waals surface area contributed by atoms with Crippen LogP contribution in [0.3, 0.4) is 0 Å². The molecule has 1 heterocycles. The molecule has 0 unspecified atom stereocenters. The van der Waals surface area contributed by atoms with Crippen molar-refractivity contribution in [2.45, 2.75) is 27.3 Å². The van der Waals surface area contributed by atoms with E-state index in [2.05, 4.69) is 36.1 Å². The summed E-state index contributed by atoms with van der Waals surface area (Å²) in [7, 11) is 4.10. The highest BCUT2D eigenvalue weighted by Gasteiger charge is 2.24. The van der Waals surface area contributed by atoms with Crippen LogP contribution in [0.15, 0.2) is 24.3 Å². The largest absolute Gasteiger partial charge is 0.352 e. The van der Waals surface area contributed by atoms with E-state index in [9.17, 15) is 4.79 Å². The molecule has 0 atom stereocenters. The van der Waals surface area contributed by atoms with Gasteiger partial charge >= 0.3 is 0 Å². The molecule has 0 aliphatic carbocycles. The van der Waals surface area contributed by atoms with Crippen LogP contribution in [0.2, 0.25) is 0 Å². The molecule has 0 spiro atoms. The van der Waals surface area contributed by atoms with Crippen molar-refractivity contribution in [2.24, 2.45) is 5.41 Å². The van der Waals surface area contributed by atoms with E-state index in [4.69, 9.17) is 0 Å². The molecule has 0 saturated heterocycles. The van der Waals surface area contributed by atoms with Crippen molar-refractivity contribution >= 4 is 16.7 Å². The van der Waals surface area contributed by atoms with Crippen LogP contribution in [0.1, 0.15) is 36.8 Å². The summed E-state index contributed by atoms with van der Waals surface area (Å²) in [5.41, 5.74) is 2.62. The molecule has 0 aliphatic heterocycles. The van der Waals surface area contributed by atoms with Crippen LogP contribution in [0.4, 0.5) is 0 Å². The zero-order valence-electron chi connectivity index (χ0n) is 12.4. The quantitative estimate of drug-likeness (QED) is 0.856. The van der Waals surface area contributed by atoms with Crippen LogP contribution in [0.25, 0.3) is 10.9 Å². The van der Waals surface area contributed by atoms with Crippen molar-refractivity contribution < 1.29 is 4.79 Å². The van der Waals surface area contributed by atoms with Gasteiger partial charge in [-0.05, 0) is 37.9 Å². The van der Waals surface area contributed by atoms with E-state index in [0.29, 0.717) is 5.69 Å². The Morgan fingerprint density at radius 2 is 1.89 bits per heavy atom. The second-order valence-electron chi connectivity index (χ2n) is 6.42. The average molecular weight is 258 g/mol. The zero-order chi connectivity index (χ0) is 14.2. The number of hydrogen-bond donors (Lipinski definition) is 1. The smallest absolute Gasteiger partial charge is 0.184 e. The lowest BCUT2D eigenvalue weighted by Gasteiger charge is -2.14. The monoisotopic (exact) mass is 258 g/mol. The minimum absolute atomic E-state index is 0.151. The fraction of sp³-hybridized carbons (Fsp3) is 0.438. The fourth-order valence-electron chi connectivity index (χ4n) is 2.17. The Bertz CT molecular complexity index is 603. The highest BCUT2D eigenvalue weighted by Crippen LogP contribution is 2.24. The van der Waals surface area contributed by atoms with Gasteiger partial charge in [0.25, 0.3) is 0 Å². The normalized spacial score (nSPS) is 12.3. The predicted molar refractivity (Wildman–Crippen MR) is 79.5 cm³/mol. The van der Waals surface area contributed by atoms with Crippen molar-refractivity contribution in [3.05, 3.63) is 35.5 Å². The van der Waals surface area contributed by atoms with Crippen LogP contribution in [-0.4, -0.2) is 29.8 Å². The van der Waals surface area contributed by atoms with Gasteiger partial charge in [-0.2, -0.15) is 0 Å². The van der Waals surface area contributed by atoms with Gasteiger partial charge in [0.15, 0.2) is 5.78 Å². The number of nitrogens with one attached hydrogen (secondary N) is 1. The molecule has 2 rings (SSSR count). The molecule has 102 valence electrons. The van der Waals surface area contributed by atoms with Gasteiger partial charge in [-0.25, -0.2) is 0 Å². The number of aromatic nitrogens is 1. The van der Waals surface area contributed by atoms with Gasteiger partial charge in [-0.3, -0.25) is 4.79 Å². The minimum Gasteiger partial charge on any atom is -0.352 e. The molecule has 0 bridgehead atoms. The third-order valence-corrected chi connectivity index (χ3v) is 3.11. The number of hydrogen-bond acceptors (Lipinski definition) is 2. The summed E-state index contributed by atoms with van der Waals surface area (Å²) < 4.78 is 0. The van der Waals surface area contributed by atoms with E-state index in [-0.39, 0.29) is 11.2 Å². The topological polar surface area (TPSA) is 36.1 Å². The first-order valence-corrected chi connectivity index (χ1v) is 6.58. The van der Waals surface area contributed by atoms with Gasteiger partial charge in [0.2, 0.25) is 0 Å². The van der Waals surface area contributed by atoms with Crippen LogP contribution in [0, 0.1) is 5.41 Å². The number of ketones is 1. The maximum atomic E-state index is 12.3. The van der Waals surface area contributed by atoms with Crippen molar-refractivity contribution in [1.29, 1.82) is 0 Å². The summed E-state index contributed by atoms with van der Waals surface area (Å²) in [6.45, 7) is 6.73. The Labute approximate surface area is 114 Å². The number of fused-ring (bicyclic) bond motifs is 1. The highest BCUT2D eigenvalue weighted by atomic mass is 16.1. The van der Waals surface area contributed by atoms with Crippen LogP contribution in [0.5, 0.6) is 0 Å². The SMILES string of the molecule is CN(C)Cc1ccc2[nH]c(C(=O)C(C)(C)C)cc2c1. The van der Waals surface area contributed by atoms with E-state index in [1.54, 1.807) is 0 Å². The zero-order valence-corrected chi connectivity index (χ0v) is 12.4. The van der Waals surface area contributed by atoms with Crippen molar-refractivity contribution in [3.63, 3.8) is 0 Å². The molecule has 0 amide bonds. The predicted octanol–water partition coefficient (Wildman–Crippen LogP) is 3.46. The first-order chi connectivity index (χ1) is 8.77. The molecule has 1 N–H and O–H groups in total. The summed E-state index contributed by atoms with van der Waals surface area (Å²) in [6.07, 6.45) is 0. The summed E-state index contributed by atoms with van der Waals surface area (Å²) in [4.78, 5) is 17.6. The Balaban J connectivity index is 2.38. The Hall–Kier alpha value is -1.61. The number of Topliss-reactive ketones (excluding diaryl/α,β-unsaturated/α-hetero) is 1. The van der Waals surface area contributed by atoms with Crippen LogP contribution in [-0.2, 0) is 6.54 Å². The summed E-state index contributed by atoms with van der Waals surface area (Å²) in [6, 6.07) is 8.26. The molecule has 3 nitrogen and oxygen atoms in total. The molecule has 3 heteroatoms. The maximum Gasteiger partial charge on any atom is 0.184 e. The molecule has 19 heavy (non-hydrogen) atoms. The molecule has 0 radical (unpaired) electrons. The number of nitrogens with zero attached hydrogens (tertiary/aromatic N) is 1. The summed E-state index contributed by atoms with van der Waals surface area (Å²) in [5.74, 6) is 0.151. The minimum atomic E-state index is -0.354. The Morgan fingerprint density at radius 1 is 1.21 bits per heavy atom. The van der Waals surface area contributed by atoms with Crippen molar-refractivity contribution in [2.75, 3.05) is 14.1 Å². The van der Waals surface area contributed by atoms with Gasteiger partial charge < -0.3 is 9.88 Å². The fourth-order valence-corrected chi connectivity index (χ4v) is 2.17. The number of rotatable bonds is 3. The summed E-state index contributed by atoms with van der Waals surface area (Å²) in [5, 5.41) is 1.10. The van der Waals surface area contributed by atoms with Gasteiger partial charge in [0.1, 0.15) is 0 Å². The third-order valence-electron chi connectivity index (χ3n) is 3.11. The van der Waals surface area contributed by atoms with Gasteiger partial charge in [0.05, 0.1) is 5.69 Å². The maximum absolute atomic E-state index is 12.3. The van der Waals surface area contributed by atoms with Gasteiger partial charge in [-0.15, -0.1) is 0 Å². The lowest BCUT2D eigenvalue weighted by molar-refractivity contribution is 0.0854. The molecule has 2 aromatic rings. The van der Waals surface area contributed by atoms with E-state index in [1.165, 1.54) is 5.56 Å². The molecular weight excluding hydrogens is 236 g/mol. The van der Waals surface area contributed by atoms with Crippen molar-refractivity contribution in [3.8, 4) is 0 Å². The third kappa shape index (κ3) is 3.04. The molecule has 1 aromatic carbocycles. The van der Waals surface area contributed by atoms with Gasteiger partial charge in [-0.1, -0.05) is 26.8 Å². The molecular formula is C16H22N2O. The second-order valence-corrected chi connectivity index (χ2v) is 6.42.